The normalized spacial score (nSPS) is 14.5. The fourth-order valence-corrected chi connectivity index (χ4v) is 6.15. The summed E-state index contributed by atoms with van der Waals surface area (Å²) in [4.78, 5) is 25.1. The topological polar surface area (TPSA) is 72.2 Å². The molecule has 2 aromatic heterocycles. The molecule has 0 amide bonds. The minimum absolute atomic E-state index is 0.115. The van der Waals surface area contributed by atoms with Gasteiger partial charge in [-0.3, -0.25) is 9.79 Å². The summed E-state index contributed by atoms with van der Waals surface area (Å²) in [5, 5.41) is 3.96. The van der Waals surface area contributed by atoms with E-state index in [9.17, 15) is 4.79 Å². The Balaban J connectivity index is 0.000000274. The highest BCUT2D eigenvalue weighted by Crippen LogP contribution is 2.37. The maximum atomic E-state index is 11.1. The summed E-state index contributed by atoms with van der Waals surface area (Å²) in [5.41, 5.74) is 8.09. The number of nitrogens with zero attached hydrogens (tertiary/aromatic N) is 4. The average molecular weight is 626 g/mol. The van der Waals surface area contributed by atoms with Gasteiger partial charge in [-0.05, 0) is 74.6 Å². The number of terminal acetylenes is 1. The van der Waals surface area contributed by atoms with Crippen LogP contribution in [0.4, 0.5) is 0 Å². The van der Waals surface area contributed by atoms with Gasteiger partial charge in [0.15, 0.2) is 5.78 Å². The number of pyridine rings is 1. The van der Waals surface area contributed by atoms with Crippen molar-refractivity contribution in [3.63, 3.8) is 0 Å². The van der Waals surface area contributed by atoms with E-state index in [1.54, 1.807) is 19.3 Å². The van der Waals surface area contributed by atoms with E-state index < -0.39 is 6.04 Å². The van der Waals surface area contributed by atoms with E-state index >= 15 is 0 Å². The molecule has 232 valence electrons. The number of carbonyl (C=O) groups is 1. The lowest BCUT2D eigenvalue weighted by Gasteiger charge is -2.25. The van der Waals surface area contributed by atoms with Crippen LogP contribution >= 0.6 is 8.86 Å². The van der Waals surface area contributed by atoms with Gasteiger partial charge < -0.3 is 9.88 Å². The van der Waals surface area contributed by atoms with E-state index in [1.165, 1.54) is 44.5 Å². The molecule has 7 heteroatoms. The fraction of sp³-hybridized carbons (Fsp3) is 0.256. The maximum absolute atomic E-state index is 11.1. The molecular formula is C39H40N5OP. The molecule has 6 nitrogen and oxygen atoms in total. The highest BCUT2D eigenvalue weighted by atomic mass is 31.0. The molecule has 1 atom stereocenters. The Morgan fingerprint density at radius 2 is 1.78 bits per heavy atom. The van der Waals surface area contributed by atoms with Gasteiger partial charge in [-0.15, -0.1) is 15.3 Å². The second-order valence-corrected chi connectivity index (χ2v) is 11.7. The third kappa shape index (κ3) is 7.40. The van der Waals surface area contributed by atoms with Gasteiger partial charge in [-0.1, -0.05) is 73.7 Å². The van der Waals surface area contributed by atoms with Crippen LogP contribution in [-0.2, 0) is 4.79 Å². The number of Topliss-reactive ketones (excluding diaryl/α,β-unsaturated/α-hetero) is 1. The minimum Gasteiger partial charge on any atom is -0.321 e. The number of nitrogens with one attached hydrogen (secondary N) is 1. The number of aromatic nitrogens is 3. The number of hydrogen-bond acceptors (Lipinski definition) is 5. The number of imidazole rings is 1. The SMILES string of the molecule is C#CC(NC)C(=N/C=C\C)C(C)=O.P=Cc1ccc2c(c1)nc(-c1ccc3nc(-c4ccccc4)ccc3c1)n2C1CCCCC1. The van der Waals surface area contributed by atoms with Gasteiger partial charge in [0.1, 0.15) is 17.6 Å². The van der Waals surface area contributed by atoms with E-state index in [4.69, 9.17) is 16.4 Å². The van der Waals surface area contributed by atoms with E-state index in [2.05, 4.69) is 102 Å². The molecule has 6 rings (SSSR count). The van der Waals surface area contributed by atoms with Gasteiger partial charge in [0.25, 0.3) is 0 Å². The molecule has 1 N–H and O–H groups in total. The molecule has 1 aliphatic carbocycles. The van der Waals surface area contributed by atoms with Crippen molar-refractivity contribution in [1.29, 1.82) is 0 Å². The molecular weight excluding hydrogens is 585 g/mol. The van der Waals surface area contributed by atoms with Crippen LogP contribution in [0.15, 0.2) is 96.1 Å². The van der Waals surface area contributed by atoms with Crippen LogP contribution in [0.1, 0.15) is 57.6 Å². The molecule has 1 fully saturated rings. The Labute approximate surface area is 273 Å². The van der Waals surface area contributed by atoms with Gasteiger partial charge in [0, 0.05) is 35.7 Å². The number of ketones is 1. The third-order valence-corrected chi connectivity index (χ3v) is 8.62. The van der Waals surface area contributed by atoms with Crippen molar-refractivity contribution in [3.8, 4) is 35.0 Å². The van der Waals surface area contributed by atoms with Gasteiger partial charge in [-0.2, -0.15) is 0 Å². The number of aliphatic imine (C=N–C) groups is 1. The molecule has 0 bridgehead atoms. The molecule has 0 aliphatic heterocycles. The number of benzene rings is 3. The van der Waals surface area contributed by atoms with Crippen LogP contribution in [0.2, 0.25) is 0 Å². The number of hydrogen-bond donors (Lipinski definition) is 1. The lowest BCUT2D eigenvalue weighted by molar-refractivity contribution is -0.111. The van der Waals surface area contributed by atoms with E-state index in [0.717, 1.165) is 44.6 Å². The van der Waals surface area contributed by atoms with Crippen LogP contribution in [-0.4, -0.2) is 44.9 Å². The summed E-state index contributed by atoms with van der Waals surface area (Å²) in [6.45, 7) is 3.27. The van der Waals surface area contributed by atoms with Crippen LogP contribution in [0.3, 0.4) is 0 Å². The van der Waals surface area contributed by atoms with Crippen LogP contribution in [0.5, 0.6) is 0 Å². The number of allylic oxidation sites excluding steroid dienone is 1. The first-order chi connectivity index (χ1) is 22.5. The Morgan fingerprint density at radius 3 is 2.46 bits per heavy atom. The molecule has 46 heavy (non-hydrogen) atoms. The molecule has 5 aromatic rings. The smallest absolute Gasteiger partial charge is 0.176 e. The van der Waals surface area contributed by atoms with Gasteiger partial charge in [0.2, 0.25) is 0 Å². The predicted octanol–water partition coefficient (Wildman–Crippen LogP) is 8.49. The zero-order valence-electron chi connectivity index (χ0n) is 26.7. The molecule has 0 saturated heterocycles. The summed E-state index contributed by atoms with van der Waals surface area (Å²) in [6, 6.07) is 27.9. The number of rotatable bonds is 8. The zero-order chi connectivity index (χ0) is 32.5. The Kier molecular flexibility index (Phi) is 11.0. The van der Waals surface area contributed by atoms with Crippen molar-refractivity contribution < 1.29 is 4.79 Å². The van der Waals surface area contributed by atoms with Crippen molar-refractivity contribution in [1.82, 2.24) is 19.9 Å². The first-order valence-corrected chi connectivity index (χ1v) is 16.4. The van der Waals surface area contributed by atoms with E-state index in [-0.39, 0.29) is 5.78 Å². The summed E-state index contributed by atoms with van der Waals surface area (Å²) in [7, 11) is 5.22. The monoisotopic (exact) mass is 625 g/mol. The first-order valence-electron chi connectivity index (χ1n) is 15.8. The third-order valence-electron chi connectivity index (χ3n) is 8.29. The summed E-state index contributed by atoms with van der Waals surface area (Å²) < 4.78 is 2.50. The Morgan fingerprint density at radius 1 is 1.00 bits per heavy atom. The van der Waals surface area contributed by atoms with Crippen molar-refractivity contribution in [2.75, 3.05) is 7.05 Å². The summed E-state index contributed by atoms with van der Waals surface area (Å²) in [5.74, 6) is 5.35. The largest absolute Gasteiger partial charge is 0.321 e. The van der Waals surface area contributed by atoms with Crippen LogP contribution in [0.25, 0.3) is 44.6 Å². The van der Waals surface area contributed by atoms with Gasteiger partial charge in [0.05, 0.1) is 22.2 Å². The van der Waals surface area contributed by atoms with E-state index in [0.29, 0.717) is 11.8 Å². The lowest BCUT2D eigenvalue weighted by atomic mass is 9.94. The van der Waals surface area contributed by atoms with Gasteiger partial charge >= 0.3 is 0 Å². The summed E-state index contributed by atoms with van der Waals surface area (Å²) in [6.07, 6.45) is 14.9. The van der Waals surface area contributed by atoms with E-state index in [1.807, 2.05) is 18.8 Å². The standard InChI is InChI=1S/C29H26N3P.C10H14N2O/c33-19-20-11-16-28-27(17-20)31-29(32(28)24-9-5-2-6-10-24)23-13-15-26-22(18-23)12-14-25(30-26)21-7-3-1-4-8-21;1-5-7-12-10(8(3)13)9(6-2)11-4/h1,3-4,7-8,11-19,24,33H,2,5-6,9-10H2;2,5,7,9,11H,1,3-4H3/b;7-5-,12-10?. The van der Waals surface area contributed by atoms with Crippen LogP contribution in [0, 0.1) is 12.3 Å². The number of carbonyl (C=O) groups excluding carboxylic acids is 1. The first kappa shape index (κ1) is 32.7. The Bertz CT molecular complexity index is 1940. The molecule has 1 saturated carbocycles. The minimum atomic E-state index is -0.409. The van der Waals surface area contributed by atoms with Crippen molar-refractivity contribution in [3.05, 3.63) is 96.7 Å². The van der Waals surface area contributed by atoms with Crippen LogP contribution < -0.4 is 5.32 Å². The second kappa shape index (κ2) is 15.5. The maximum Gasteiger partial charge on any atom is 0.176 e. The fourth-order valence-electron chi connectivity index (χ4n) is 5.97. The highest BCUT2D eigenvalue weighted by molar-refractivity contribution is 7.19. The zero-order valence-corrected chi connectivity index (χ0v) is 27.7. The second-order valence-electron chi connectivity index (χ2n) is 11.4. The molecule has 0 spiro atoms. The Hall–Kier alpha value is -4.69. The molecule has 1 unspecified atom stereocenters. The van der Waals surface area contributed by atoms with Crippen molar-refractivity contribution >= 4 is 48.1 Å². The predicted molar refractivity (Wildman–Crippen MR) is 196 cm³/mol. The molecule has 1 aliphatic rings. The quantitative estimate of drug-likeness (QED) is 0.107. The average Bonchev–Trinajstić information content (AvgIpc) is 3.49. The summed E-state index contributed by atoms with van der Waals surface area (Å²) >= 11 is 0. The van der Waals surface area contributed by atoms with Crippen molar-refractivity contribution in [2.24, 2.45) is 4.99 Å². The molecule has 0 radical (unpaired) electrons. The highest BCUT2D eigenvalue weighted by Gasteiger charge is 2.22. The van der Waals surface area contributed by atoms with Crippen molar-refractivity contribution in [2.45, 2.75) is 58.0 Å². The molecule has 2 heterocycles. The number of fused-ring (bicyclic) bond motifs is 2. The van der Waals surface area contributed by atoms with Gasteiger partial charge in [-0.25, -0.2) is 9.97 Å². The molecule has 3 aromatic carbocycles. The lowest BCUT2D eigenvalue weighted by Crippen LogP contribution is -2.36.